The molecule has 2 aromatic rings. The number of ether oxygens (including phenoxy) is 1. The Bertz CT molecular complexity index is 706. The average Bonchev–Trinajstić information content (AvgIpc) is 3.13. The van der Waals surface area contributed by atoms with Crippen LogP contribution in [0.25, 0.3) is 0 Å². The first kappa shape index (κ1) is 14.4. The van der Waals surface area contributed by atoms with E-state index in [2.05, 4.69) is 16.1 Å². The van der Waals surface area contributed by atoms with Crippen LogP contribution < -0.4 is 0 Å². The van der Waals surface area contributed by atoms with E-state index in [4.69, 9.17) is 4.74 Å². The smallest absolute Gasteiger partial charge is 0.272 e. The molecule has 0 aromatic carbocycles. The second-order valence-corrected chi connectivity index (χ2v) is 6.70. The molecule has 120 valence electrons. The maximum atomic E-state index is 12.4. The number of likely N-dealkylation sites (tertiary alicyclic amines) is 1. The van der Waals surface area contributed by atoms with Crippen molar-refractivity contribution in [3.63, 3.8) is 0 Å². The zero-order chi connectivity index (χ0) is 15.9. The average molecular weight is 312 g/mol. The van der Waals surface area contributed by atoms with Crippen LogP contribution in [0.2, 0.25) is 0 Å². The summed E-state index contributed by atoms with van der Waals surface area (Å²) in [5, 5.41) is 4.06. The molecule has 1 atom stereocenters. The van der Waals surface area contributed by atoms with Crippen LogP contribution >= 0.6 is 0 Å². The Morgan fingerprint density at radius 1 is 1.39 bits per heavy atom. The molecule has 0 radical (unpaired) electrons. The summed E-state index contributed by atoms with van der Waals surface area (Å²) in [5.74, 6) is 0.0614. The van der Waals surface area contributed by atoms with E-state index in [1.54, 1.807) is 30.2 Å². The molecule has 1 unspecified atom stereocenters. The van der Waals surface area contributed by atoms with Gasteiger partial charge in [0.1, 0.15) is 5.69 Å². The van der Waals surface area contributed by atoms with Gasteiger partial charge in [-0.05, 0) is 24.1 Å². The first-order valence-corrected chi connectivity index (χ1v) is 7.93. The minimum absolute atomic E-state index is 0.0614. The van der Waals surface area contributed by atoms with Crippen molar-refractivity contribution in [1.82, 2.24) is 19.7 Å². The van der Waals surface area contributed by atoms with Gasteiger partial charge in [-0.15, -0.1) is 0 Å². The van der Waals surface area contributed by atoms with E-state index in [9.17, 15) is 4.79 Å². The van der Waals surface area contributed by atoms with Crippen molar-refractivity contribution in [1.29, 1.82) is 0 Å². The summed E-state index contributed by atoms with van der Waals surface area (Å²) in [6, 6.07) is 5.81. The number of hydrogen-bond donors (Lipinski definition) is 0. The molecule has 4 heterocycles. The lowest BCUT2D eigenvalue weighted by molar-refractivity contribution is -0.00203. The highest BCUT2D eigenvalue weighted by Crippen LogP contribution is 2.42. The minimum atomic E-state index is 0.0614. The van der Waals surface area contributed by atoms with Crippen molar-refractivity contribution in [3.8, 4) is 0 Å². The molecule has 0 saturated carbocycles. The Hall–Kier alpha value is -2.21. The van der Waals surface area contributed by atoms with Crippen LogP contribution in [0, 0.1) is 5.41 Å². The van der Waals surface area contributed by atoms with Crippen LogP contribution in [-0.2, 0) is 18.2 Å². The Labute approximate surface area is 135 Å². The zero-order valence-corrected chi connectivity index (χ0v) is 13.2. The SMILES string of the molecule is Cn1nccc1C(=O)N1CC2(COC(Cc3cccnc3)C2)C1. The van der Waals surface area contributed by atoms with Gasteiger partial charge in [-0.3, -0.25) is 14.5 Å². The number of pyridine rings is 1. The highest BCUT2D eigenvalue weighted by molar-refractivity contribution is 5.93. The molecular weight excluding hydrogens is 292 g/mol. The second kappa shape index (κ2) is 5.45. The molecule has 1 spiro atoms. The first-order valence-electron chi connectivity index (χ1n) is 7.93. The number of aryl methyl sites for hydroxylation is 1. The minimum Gasteiger partial charge on any atom is -0.377 e. The van der Waals surface area contributed by atoms with Gasteiger partial charge in [0.15, 0.2) is 0 Å². The van der Waals surface area contributed by atoms with E-state index >= 15 is 0 Å². The van der Waals surface area contributed by atoms with Gasteiger partial charge in [0.25, 0.3) is 5.91 Å². The van der Waals surface area contributed by atoms with E-state index in [-0.39, 0.29) is 17.4 Å². The van der Waals surface area contributed by atoms with E-state index in [0.29, 0.717) is 5.69 Å². The number of nitrogens with zero attached hydrogens (tertiary/aromatic N) is 4. The largest absolute Gasteiger partial charge is 0.377 e. The summed E-state index contributed by atoms with van der Waals surface area (Å²) in [6.07, 6.45) is 7.48. The fourth-order valence-electron chi connectivity index (χ4n) is 3.68. The van der Waals surface area contributed by atoms with Gasteiger partial charge in [-0.2, -0.15) is 5.10 Å². The van der Waals surface area contributed by atoms with Crippen LogP contribution in [0.4, 0.5) is 0 Å². The highest BCUT2D eigenvalue weighted by Gasteiger charge is 2.50. The van der Waals surface area contributed by atoms with Crippen molar-refractivity contribution in [2.75, 3.05) is 19.7 Å². The number of carbonyl (C=O) groups excluding carboxylic acids is 1. The molecule has 1 amide bonds. The molecule has 2 aliphatic rings. The van der Waals surface area contributed by atoms with Crippen LogP contribution in [0.1, 0.15) is 22.5 Å². The van der Waals surface area contributed by atoms with Crippen molar-refractivity contribution >= 4 is 5.91 Å². The topological polar surface area (TPSA) is 60.2 Å². The van der Waals surface area contributed by atoms with Gasteiger partial charge in [-0.1, -0.05) is 6.07 Å². The third-order valence-corrected chi connectivity index (χ3v) is 4.85. The number of amides is 1. The molecule has 23 heavy (non-hydrogen) atoms. The van der Waals surface area contributed by atoms with E-state index in [0.717, 1.165) is 32.5 Å². The van der Waals surface area contributed by atoms with E-state index < -0.39 is 0 Å². The Morgan fingerprint density at radius 2 is 2.26 bits per heavy atom. The van der Waals surface area contributed by atoms with Crippen LogP contribution in [0.5, 0.6) is 0 Å². The van der Waals surface area contributed by atoms with Crippen molar-refractivity contribution in [2.45, 2.75) is 18.9 Å². The molecule has 2 fully saturated rings. The molecule has 2 aliphatic heterocycles. The zero-order valence-electron chi connectivity index (χ0n) is 13.2. The number of carbonyl (C=O) groups is 1. The standard InChI is InChI=1S/C17H20N4O2/c1-20-15(4-6-19-20)16(22)21-10-17(11-21)8-14(23-12-17)7-13-3-2-5-18-9-13/h2-6,9,14H,7-8,10-12H2,1H3. The fraction of sp³-hybridized carbons (Fsp3) is 0.471. The van der Waals surface area contributed by atoms with Gasteiger partial charge in [0.05, 0.1) is 12.7 Å². The fourth-order valence-corrected chi connectivity index (χ4v) is 3.68. The Morgan fingerprint density at radius 3 is 2.96 bits per heavy atom. The Kier molecular flexibility index (Phi) is 3.41. The highest BCUT2D eigenvalue weighted by atomic mass is 16.5. The monoisotopic (exact) mass is 312 g/mol. The molecule has 2 saturated heterocycles. The molecule has 0 N–H and O–H groups in total. The maximum Gasteiger partial charge on any atom is 0.272 e. The summed E-state index contributed by atoms with van der Waals surface area (Å²) >= 11 is 0. The molecule has 6 heteroatoms. The third-order valence-electron chi connectivity index (χ3n) is 4.85. The Balaban J connectivity index is 1.35. The summed E-state index contributed by atoms with van der Waals surface area (Å²) in [6.45, 7) is 2.30. The van der Waals surface area contributed by atoms with Gasteiger partial charge in [-0.25, -0.2) is 0 Å². The van der Waals surface area contributed by atoms with Crippen LogP contribution in [0.15, 0.2) is 36.8 Å². The number of aromatic nitrogens is 3. The molecule has 0 aliphatic carbocycles. The van der Waals surface area contributed by atoms with Gasteiger partial charge in [0.2, 0.25) is 0 Å². The summed E-state index contributed by atoms with van der Waals surface area (Å²) < 4.78 is 7.60. The predicted molar refractivity (Wildman–Crippen MR) is 83.8 cm³/mol. The molecule has 2 aromatic heterocycles. The van der Waals surface area contributed by atoms with Gasteiger partial charge in [0, 0.05) is 50.6 Å². The van der Waals surface area contributed by atoms with Crippen molar-refractivity contribution in [2.24, 2.45) is 12.5 Å². The summed E-state index contributed by atoms with van der Waals surface area (Å²) in [5.41, 5.74) is 1.99. The van der Waals surface area contributed by atoms with Gasteiger partial charge < -0.3 is 9.64 Å². The van der Waals surface area contributed by atoms with Crippen molar-refractivity contribution in [3.05, 3.63) is 48.0 Å². The second-order valence-electron chi connectivity index (χ2n) is 6.70. The van der Waals surface area contributed by atoms with Gasteiger partial charge >= 0.3 is 0 Å². The molecular formula is C17H20N4O2. The van der Waals surface area contributed by atoms with Crippen molar-refractivity contribution < 1.29 is 9.53 Å². The lowest BCUT2D eigenvalue weighted by Gasteiger charge is -2.47. The van der Waals surface area contributed by atoms with Crippen LogP contribution in [0.3, 0.4) is 0 Å². The first-order chi connectivity index (χ1) is 11.2. The van der Waals surface area contributed by atoms with Crippen LogP contribution in [-0.4, -0.2) is 51.4 Å². The maximum absolute atomic E-state index is 12.4. The van der Waals surface area contributed by atoms with E-state index in [1.165, 1.54) is 5.56 Å². The molecule has 4 rings (SSSR count). The summed E-state index contributed by atoms with van der Waals surface area (Å²) in [4.78, 5) is 18.5. The normalized spacial score (nSPS) is 22.3. The lowest BCUT2D eigenvalue weighted by atomic mass is 9.77. The molecule has 0 bridgehead atoms. The predicted octanol–water partition coefficient (Wildman–Crippen LogP) is 1.29. The number of rotatable bonds is 3. The van der Waals surface area contributed by atoms with E-state index in [1.807, 2.05) is 17.2 Å². The quantitative estimate of drug-likeness (QED) is 0.857. The number of hydrogen-bond acceptors (Lipinski definition) is 4. The summed E-state index contributed by atoms with van der Waals surface area (Å²) in [7, 11) is 1.80. The molecule has 6 nitrogen and oxygen atoms in total. The third kappa shape index (κ3) is 2.63. The lowest BCUT2D eigenvalue weighted by Crippen LogP contribution is -2.59.